The van der Waals surface area contributed by atoms with E-state index in [-0.39, 0.29) is 6.04 Å². The van der Waals surface area contributed by atoms with E-state index in [4.69, 9.17) is 9.72 Å². The summed E-state index contributed by atoms with van der Waals surface area (Å²) in [5.41, 5.74) is 3.10. The van der Waals surface area contributed by atoms with Crippen molar-refractivity contribution < 1.29 is 4.74 Å². The van der Waals surface area contributed by atoms with E-state index in [0.29, 0.717) is 11.7 Å². The molecule has 1 N–H and O–H groups in total. The minimum atomic E-state index is 0.162. The van der Waals surface area contributed by atoms with E-state index in [1.807, 2.05) is 31.2 Å². The van der Waals surface area contributed by atoms with Crippen LogP contribution in [0, 0.1) is 12.8 Å². The monoisotopic (exact) mass is 346 g/mol. The summed E-state index contributed by atoms with van der Waals surface area (Å²) in [6.45, 7) is 3.58. The van der Waals surface area contributed by atoms with Crippen molar-refractivity contribution in [2.24, 2.45) is 5.92 Å². The molecule has 0 aliphatic carbocycles. The van der Waals surface area contributed by atoms with Crippen LogP contribution in [0.15, 0.2) is 60.9 Å². The second-order valence-corrected chi connectivity index (χ2v) is 6.62. The van der Waals surface area contributed by atoms with Crippen LogP contribution in [0.3, 0.4) is 0 Å². The van der Waals surface area contributed by atoms with Crippen molar-refractivity contribution in [3.63, 3.8) is 0 Å². The number of nitrogens with zero attached hydrogens (tertiary/aromatic N) is 3. The zero-order chi connectivity index (χ0) is 17.8. The Morgan fingerprint density at radius 3 is 2.73 bits per heavy atom. The third kappa shape index (κ3) is 3.73. The highest BCUT2D eigenvalue weighted by Crippen LogP contribution is 2.32. The lowest BCUT2D eigenvalue weighted by Gasteiger charge is -2.25. The average molecular weight is 346 g/mol. The van der Waals surface area contributed by atoms with E-state index in [9.17, 15) is 0 Å². The molecule has 5 heteroatoms. The molecule has 3 aromatic rings. The number of anilines is 1. The molecule has 5 nitrogen and oxygen atoms in total. The van der Waals surface area contributed by atoms with Gasteiger partial charge in [0.25, 0.3) is 0 Å². The van der Waals surface area contributed by atoms with Crippen LogP contribution in [-0.4, -0.2) is 28.2 Å². The highest BCUT2D eigenvalue weighted by molar-refractivity contribution is 5.56. The number of aromatic nitrogens is 3. The van der Waals surface area contributed by atoms with Crippen molar-refractivity contribution in [2.45, 2.75) is 19.4 Å². The van der Waals surface area contributed by atoms with Crippen molar-refractivity contribution >= 4 is 5.82 Å². The predicted octanol–water partition coefficient (Wildman–Crippen LogP) is 4.04. The molecule has 3 heterocycles. The lowest BCUT2D eigenvalue weighted by atomic mass is 9.92. The van der Waals surface area contributed by atoms with Crippen LogP contribution in [0.5, 0.6) is 0 Å². The second kappa shape index (κ2) is 7.62. The zero-order valence-electron chi connectivity index (χ0n) is 14.8. The van der Waals surface area contributed by atoms with E-state index in [1.165, 1.54) is 5.56 Å². The minimum Gasteiger partial charge on any atom is -0.381 e. The summed E-state index contributed by atoms with van der Waals surface area (Å²) < 4.78 is 5.63. The first-order chi connectivity index (χ1) is 12.8. The van der Waals surface area contributed by atoms with Crippen molar-refractivity contribution in [3.05, 3.63) is 72.2 Å². The topological polar surface area (TPSA) is 59.9 Å². The number of aryl methyl sites for hydroxylation is 1. The van der Waals surface area contributed by atoms with E-state index in [2.05, 4.69) is 39.6 Å². The second-order valence-electron chi connectivity index (χ2n) is 6.62. The molecule has 1 saturated heterocycles. The normalized spacial score (nSPS) is 17.8. The summed E-state index contributed by atoms with van der Waals surface area (Å²) in [6.07, 6.45) is 4.59. The summed E-state index contributed by atoms with van der Waals surface area (Å²) in [6, 6.07) is 16.5. The number of hydrogen-bond acceptors (Lipinski definition) is 5. The van der Waals surface area contributed by atoms with Gasteiger partial charge in [-0.15, -0.1) is 0 Å². The van der Waals surface area contributed by atoms with Gasteiger partial charge in [0.1, 0.15) is 5.82 Å². The van der Waals surface area contributed by atoms with E-state index >= 15 is 0 Å². The molecule has 0 radical (unpaired) electrons. The Bertz CT molecular complexity index is 848. The summed E-state index contributed by atoms with van der Waals surface area (Å²) in [5.74, 6) is 1.95. The van der Waals surface area contributed by atoms with Crippen molar-refractivity contribution in [2.75, 3.05) is 18.5 Å². The van der Waals surface area contributed by atoms with Gasteiger partial charge in [0.05, 0.1) is 12.6 Å². The minimum absolute atomic E-state index is 0.162. The number of rotatable bonds is 5. The van der Waals surface area contributed by atoms with Crippen LogP contribution in [0.25, 0.3) is 11.4 Å². The Morgan fingerprint density at radius 2 is 2.00 bits per heavy atom. The van der Waals surface area contributed by atoms with Gasteiger partial charge in [-0.2, -0.15) is 0 Å². The Labute approximate surface area is 153 Å². The fourth-order valence-corrected chi connectivity index (χ4v) is 3.38. The molecule has 4 rings (SSSR count). The molecular formula is C21H22N4O. The summed E-state index contributed by atoms with van der Waals surface area (Å²) in [7, 11) is 0. The Hall–Kier alpha value is -2.79. The van der Waals surface area contributed by atoms with E-state index in [1.54, 1.807) is 12.4 Å². The van der Waals surface area contributed by atoms with Gasteiger partial charge in [0.2, 0.25) is 0 Å². The molecule has 26 heavy (non-hydrogen) atoms. The van der Waals surface area contributed by atoms with Gasteiger partial charge in [-0.1, -0.05) is 30.3 Å². The average Bonchev–Trinajstić information content (AvgIpc) is 3.21. The molecule has 2 aromatic heterocycles. The maximum atomic E-state index is 5.63. The number of hydrogen-bond donors (Lipinski definition) is 1. The number of benzene rings is 1. The van der Waals surface area contributed by atoms with Gasteiger partial charge in [-0.3, -0.25) is 4.98 Å². The van der Waals surface area contributed by atoms with Gasteiger partial charge in [-0.05, 0) is 31.0 Å². The molecule has 1 aliphatic rings. The summed E-state index contributed by atoms with van der Waals surface area (Å²) in [4.78, 5) is 13.5. The first-order valence-corrected chi connectivity index (χ1v) is 8.95. The van der Waals surface area contributed by atoms with Gasteiger partial charge in [0, 0.05) is 42.2 Å². The molecule has 0 bridgehead atoms. The van der Waals surface area contributed by atoms with E-state index in [0.717, 1.165) is 36.7 Å². The highest BCUT2D eigenvalue weighted by atomic mass is 16.5. The molecule has 0 amide bonds. The number of pyridine rings is 1. The molecule has 1 aliphatic heterocycles. The highest BCUT2D eigenvalue weighted by Gasteiger charge is 2.27. The predicted molar refractivity (Wildman–Crippen MR) is 102 cm³/mol. The molecular weight excluding hydrogens is 324 g/mol. The van der Waals surface area contributed by atoms with Gasteiger partial charge in [0.15, 0.2) is 5.82 Å². The fourth-order valence-electron chi connectivity index (χ4n) is 3.38. The third-order valence-electron chi connectivity index (χ3n) is 4.67. The fraction of sp³-hybridized carbons (Fsp3) is 0.286. The lowest BCUT2D eigenvalue weighted by Crippen LogP contribution is -2.22. The van der Waals surface area contributed by atoms with Gasteiger partial charge >= 0.3 is 0 Å². The number of ether oxygens (including phenoxy) is 1. The molecule has 0 spiro atoms. The van der Waals surface area contributed by atoms with Crippen LogP contribution < -0.4 is 5.32 Å². The van der Waals surface area contributed by atoms with Crippen LogP contribution in [0.2, 0.25) is 0 Å². The Kier molecular flexibility index (Phi) is 4.88. The van der Waals surface area contributed by atoms with Crippen molar-refractivity contribution in [1.29, 1.82) is 0 Å². The molecule has 2 atom stereocenters. The van der Waals surface area contributed by atoms with Gasteiger partial charge in [-0.25, -0.2) is 9.97 Å². The molecule has 0 unspecified atom stereocenters. The third-order valence-corrected chi connectivity index (χ3v) is 4.67. The zero-order valence-corrected chi connectivity index (χ0v) is 14.8. The summed E-state index contributed by atoms with van der Waals surface area (Å²) >= 11 is 0. The largest absolute Gasteiger partial charge is 0.381 e. The van der Waals surface area contributed by atoms with Crippen LogP contribution in [-0.2, 0) is 4.74 Å². The Morgan fingerprint density at radius 1 is 1.12 bits per heavy atom. The smallest absolute Gasteiger partial charge is 0.163 e. The first kappa shape index (κ1) is 16.7. The maximum Gasteiger partial charge on any atom is 0.163 e. The van der Waals surface area contributed by atoms with Crippen molar-refractivity contribution in [3.8, 4) is 11.4 Å². The van der Waals surface area contributed by atoms with Crippen LogP contribution >= 0.6 is 0 Å². The molecule has 1 fully saturated rings. The molecule has 1 aromatic carbocycles. The summed E-state index contributed by atoms with van der Waals surface area (Å²) in [5, 5.41) is 3.64. The number of nitrogens with one attached hydrogen (secondary N) is 1. The van der Waals surface area contributed by atoms with Gasteiger partial charge < -0.3 is 10.1 Å². The van der Waals surface area contributed by atoms with Crippen LogP contribution in [0.4, 0.5) is 5.82 Å². The van der Waals surface area contributed by atoms with Crippen LogP contribution in [0.1, 0.15) is 23.7 Å². The molecule has 0 saturated carbocycles. The SMILES string of the molecule is Cc1cc(N[C@H](c2ccccc2)[C@H]2CCOC2)nc(-c2cccnc2)n1. The molecule has 132 valence electrons. The Balaban J connectivity index is 1.66. The quantitative estimate of drug-likeness (QED) is 0.755. The van der Waals surface area contributed by atoms with Crippen molar-refractivity contribution in [1.82, 2.24) is 15.0 Å². The maximum absolute atomic E-state index is 5.63. The standard InChI is InChI=1S/C21H22N4O/c1-15-12-19(25-21(23-15)17-8-5-10-22-13-17)24-20(18-9-11-26-14-18)16-6-3-2-4-7-16/h2-8,10,12-13,18,20H,9,11,14H2,1H3,(H,23,24,25)/t18-,20+/m0/s1. The lowest BCUT2D eigenvalue weighted by molar-refractivity contribution is 0.182. The van der Waals surface area contributed by atoms with E-state index < -0.39 is 0 Å². The first-order valence-electron chi connectivity index (χ1n) is 8.95.